The molecule has 0 aromatic heterocycles. The quantitative estimate of drug-likeness (QED) is 0.844. The average molecular weight is 254 g/mol. The predicted octanol–water partition coefficient (Wildman–Crippen LogP) is 2.58. The Morgan fingerprint density at radius 3 is 2.56 bits per heavy atom. The van der Waals surface area contributed by atoms with Crippen molar-refractivity contribution in [2.24, 2.45) is 0 Å². The molecule has 0 saturated heterocycles. The molecule has 2 atom stereocenters. The van der Waals surface area contributed by atoms with Gasteiger partial charge in [-0.2, -0.15) is 0 Å². The van der Waals surface area contributed by atoms with E-state index in [0.29, 0.717) is 12.3 Å². The van der Waals surface area contributed by atoms with Crippen molar-refractivity contribution >= 4 is 5.69 Å². The third-order valence-electron chi connectivity index (χ3n) is 3.35. The Morgan fingerprint density at radius 1 is 1.39 bits per heavy atom. The second-order valence-corrected chi connectivity index (χ2v) is 4.64. The zero-order chi connectivity index (χ0) is 13.7. The van der Waals surface area contributed by atoms with Crippen LogP contribution in [0.5, 0.6) is 0 Å². The van der Waals surface area contributed by atoms with Gasteiger partial charge in [0.25, 0.3) is 0 Å². The summed E-state index contributed by atoms with van der Waals surface area (Å²) in [4.78, 5) is 1.90. The molecule has 0 aliphatic carbocycles. The molecule has 1 aromatic carbocycles. The van der Waals surface area contributed by atoms with Crippen LogP contribution in [0.1, 0.15) is 25.5 Å². The number of anilines is 1. The normalized spacial score (nSPS) is 14.3. The lowest BCUT2D eigenvalue weighted by Crippen LogP contribution is -2.33. The van der Waals surface area contributed by atoms with E-state index in [2.05, 4.69) is 5.32 Å². The molecule has 1 aromatic rings. The lowest BCUT2D eigenvalue weighted by atomic mass is 10.1. The maximum Gasteiger partial charge on any atom is 0.146 e. The molecular weight excluding hydrogens is 231 g/mol. The first-order valence-electron chi connectivity index (χ1n) is 6.19. The van der Waals surface area contributed by atoms with Gasteiger partial charge in [0, 0.05) is 26.2 Å². The van der Waals surface area contributed by atoms with Crippen molar-refractivity contribution in [3.8, 4) is 0 Å². The zero-order valence-electron chi connectivity index (χ0n) is 11.8. The van der Waals surface area contributed by atoms with Crippen LogP contribution in [0.4, 0.5) is 10.1 Å². The molecule has 0 bridgehead atoms. The third-order valence-corrected chi connectivity index (χ3v) is 3.35. The van der Waals surface area contributed by atoms with Crippen molar-refractivity contribution in [1.29, 1.82) is 0 Å². The van der Waals surface area contributed by atoms with Crippen molar-refractivity contribution in [2.45, 2.75) is 25.9 Å². The SMILES string of the molecule is CNC(C)c1ccc(N(C)C(C)COC)c(F)c1. The van der Waals surface area contributed by atoms with Crippen molar-refractivity contribution in [3.63, 3.8) is 0 Å². The fraction of sp³-hybridized carbons (Fsp3) is 0.571. The monoisotopic (exact) mass is 254 g/mol. The second kappa shape index (κ2) is 6.71. The topological polar surface area (TPSA) is 24.5 Å². The Bertz CT molecular complexity index is 384. The van der Waals surface area contributed by atoms with E-state index in [1.165, 1.54) is 0 Å². The Balaban J connectivity index is 2.91. The van der Waals surface area contributed by atoms with Crippen LogP contribution in [0.25, 0.3) is 0 Å². The van der Waals surface area contributed by atoms with Gasteiger partial charge in [-0.3, -0.25) is 0 Å². The molecule has 0 heterocycles. The smallest absolute Gasteiger partial charge is 0.146 e. The van der Waals surface area contributed by atoms with Gasteiger partial charge in [-0.25, -0.2) is 4.39 Å². The van der Waals surface area contributed by atoms with E-state index in [0.717, 1.165) is 5.56 Å². The minimum Gasteiger partial charge on any atom is -0.383 e. The van der Waals surface area contributed by atoms with E-state index in [9.17, 15) is 4.39 Å². The van der Waals surface area contributed by atoms with Gasteiger partial charge >= 0.3 is 0 Å². The summed E-state index contributed by atoms with van der Waals surface area (Å²) in [6.07, 6.45) is 0. The summed E-state index contributed by atoms with van der Waals surface area (Å²) >= 11 is 0. The van der Waals surface area contributed by atoms with Crippen LogP contribution >= 0.6 is 0 Å². The van der Waals surface area contributed by atoms with E-state index in [1.54, 1.807) is 13.2 Å². The van der Waals surface area contributed by atoms with E-state index in [1.807, 2.05) is 45.0 Å². The van der Waals surface area contributed by atoms with Gasteiger partial charge in [0.2, 0.25) is 0 Å². The number of methoxy groups -OCH3 is 1. The average Bonchev–Trinajstić information content (AvgIpc) is 2.37. The highest BCUT2D eigenvalue weighted by molar-refractivity contribution is 5.49. The van der Waals surface area contributed by atoms with Crippen LogP contribution in [-0.2, 0) is 4.74 Å². The maximum atomic E-state index is 14.1. The summed E-state index contributed by atoms with van der Waals surface area (Å²) in [6.45, 7) is 4.59. The molecule has 1 rings (SSSR count). The van der Waals surface area contributed by atoms with Crippen molar-refractivity contribution in [2.75, 3.05) is 32.7 Å². The number of ether oxygens (including phenoxy) is 1. The minimum atomic E-state index is -0.194. The molecule has 0 aliphatic heterocycles. The molecule has 0 amide bonds. The van der Waals surface area contributed by atoms with Gasteiger partial charge in [0.1, 0.15) is 5.82 Å². The van der Waals surface area contributed by atoms with Crippen LogP contribution in [0.15, 0.2) is 18.2 Å². The number of nitrogens with zero attached hydrogens (tertiary/aromatic N) is 1. The van der Waals surface area contributed by atoms with E-state index in [-0.39, 0.29) is 17.9 Å². The minimum absolute atomic E-state index is 0.136. The number of nitrogens with one attached hydrogen (secondary N) is 1. The molecule has 2 unspecified atom stereocenters. The third kappa shape index (κ3) is 3.43. The summed E-state index contributed by atoms with van der Waals surface area (Å²) in [5.74, 6) is -0.194. The number of rotatable bonds is 6. The van der Waals surface area contributed by atoms with Gasteiger partial charge in [-0.05, 0) is 38.6 Å². The summed E-state index contributed by atoms with van der Waals surface area (Å²) in [5, 5.41) is 3.10. The number of hydrogen-bond acceptors (Lipinski definition) is 3. The Hall–Kier alpha value is -1.13. The molecule has 0 spiro atoms. The highest BCUT2D eigenvalue weighted by Crippen LogP contribution is 2.23. The molecule has 102 valence electrons. The number of halogens is 1. The molecule has 0 radical (unpaired) electrons. The van der Waals surface area contributed by atoms with E-state index < -0.39 is 0 Å². The Kier molecular flexibility index (Phi) is 5.56. The second-order valence-electron chi connectivity index (χ2n) is 4.64. The lowest BCUT2D eigenvalue weighted by molar-refractivity contribution is 0.183. The standard InChI is InChI=1S/C14H23FN2O/c1-10(9-18-5)17(4)14-7-6-12(8-13(14)15)11(2)16-3/h6-8,10-11,16H,9H2,1-5H3. The Morgan fingerprint density at radius 2 is 2.06 bits per heavy atom. The van der Waals surface area contributed by atoms with Gasteiger partial charge in [-0.15, -0.1) is 0 Å². The van der Waals surface area contributed by atoms with Crippen LogP contribution in [-0.4, -0.2) is 33.9 Å². The van der Waals surface area contributed by atoms with E-state index in [4.69, 9.17) is 4.74 Å². The molecule has 3 nitrogen and oxygen atoms in total. The predicted molar refractivity (Wildman–Crippen MR) is 73.6 cm³/mol. The molecular formula is C14H23FN2O. The Labute approximate surface area is 109 Å². The lowest BCUT2D eigenvalue weighted by Gasteiger charge is -2.27. The van der Waals surface area contributed by atoms with Gasteiger partial charge in [0.15, 0.2) is 0 Å². The highest BCUT2D eigenvalue weighted by Gasteiger charge is 2.15. The molecule has 1 N–H and O–H groups in total. The largest absolute Gasteiger partial charge is 0.383 e. The first-order chi connectivity index (χ1) is 8.51. The molecule has 0 fully saturated rings. The first-order valence-corrected chi connectivity index (χ1v) is 6.19. The molecule has 0 aliphatic rings. The first kappa shape index (κ1) is 14.9. The number of hydrogen-bond donors (Lipinski definition) is 1. The van der Waals surface area contributed by atoms with Crippen LogP contribution in [0.2, 0.25) is 0 Å². The fourth-order valence-corrected chi connectivity index (χ4v) is 1.84. The fourth-order valence-electron chi connectivity index (χ4n) is 1.84. The van der Waals surface area contributed by atoms with Crippen LogP contribution in [0.3, 0.4) is 0 Å². The number of benzene rings is 1. The number of likely N-dealkylation sites (N-methyl/N-ethyl adjacent to an activating group) is 1. The molecule has 0 saturated carbocycles. The zero-order valence-corrected chi connectivity index (χ0v) is 11.8. The van der Waals surface area contributed by atoms with Gasteiger partial charge in [-0.1, -0.05) is 6.07 Å². The van der Waals surface area contributed by atoms with Crippen molar-refractivity contribution < 1.29 is 9.13 Å². The highest BCUT2D eigenvalue weighted by atomic mass is 19.1. The summed E-state index contributed by atoms with van der Waals surface area (Å²) in [5.41, 5.74) is 1.55. The van der Waals surface area contributed by atoms with Crippen molar-refractivity contribution in [3.05, 3.63) is 29.6 Å². The van der Waals surface area contributed by atoms with Gasteiger partial charge in [0.05, 0.1) is 12.3 Å². The molecule has 4 heteroatoms. The van der Waals surface area contributed by atoms with E-state index >= 15 is 0 Å². The van der Waals surface area contributed by atoms with Crippen molar-refractivity contribution in [1.82, 2.24) is 5.32 Å². The molecule has 18 heavy (non-hydrogen) atoms. The summed E-state index contributed by atoms with van der Waals surface area (Å²) < 4.78 is 19.2. The van der Waals surface area contributed by atoms with Gasteiger partial charge < -0.3 is 15.0 Å². The summed E-state index contributed by atoms with van der Waals surface area (Å²) in [7, 11) is 5.39. The van der Waals surface area contributed by atoms with Crippen LogP contribution < -0.4 is 10.2 Å². The summed E-state index contributed by atoms with van der Waals surface area (Å²) in [6, 6.07) is 5.65. The maximum absolute atomic E-state index is 14.1. The van der Waals surface area contributed by atoms with Crippen LogP contribution in [0, 0.1) is 5.82 Å².